The number of carbonyl (C=O) groups is 1. The lowest BCUT2D eigenvalue weighted by molar-refractivity contribution is -0.118. The quantitative estimate of drug-likeness (QED) is 0.888. The third-order valence-electron chi connectivity index (χ3n) is 4.01. The van der Waals surface area contributed by atoms with Crippen LogP contribution in [-0.2, 0) is 11.8 Å². The van der Waals surface area contributed by atoms with Gasteiger partial charge in [-0.15, -0.1) is 0 Å². The van der Waals surface area contributed by atoms with Gasteiger partial charge in [0.1, 0.15) is 11.6 Å². The van der Waals surface area contributed by atoms with E-state index in [1.54, 1.807) is 24.4 Å². The minimum Gasteiger partial charge on any atom is -0.337 e. The molecule has 2 N–H and O–H groups in total. The molecule has 1 aliphatic heterocycles. The molecule has 1 unspecified atom stereocenters. The van der Waals surface area contributed by atoms with E-state index in [-0.39, 0.29) is 24.2 Å². The Morgan fingerprint density at radius 1 is 1.48 bits per heavy atom. The third kappa shape index (κ3) is 3.57. The Balaban J connectivity index is 1.68. The van der Waals surface area contributed by atoms with Gasteiger partial charge in [-0.05, 0) is 12.1 Å². The standard InChI is InChI=1S/C16H20FN5O/c1-21-8-7-19-16(21)14-10-18-6-9-22(14)11-15(23)20-13-5-3-2-4-12(13)17/h2-5,7-8,14,18H,6,9-11H2,1H3,(H,20,23). The Morgan fingerprint density at radius 2 is 2.30 bits per heavy atom. The third-order valence-corrected chi connectivity index (χ3v) is 4.01. The van der Waals surface area contributed by atoms with Crippen molar-refractivity contribution in [2.24, 2.45) is 7.05 Å². The number of anilines is 1. The van der Waals surface area contributed by atoms with E-state index in [4.69, 9.17) is 0 Å². The molecule has 6 nitrogen and oxygen atoms in total. The van der Waals surface area contributed by atoms with Gasteiger partial charge in [0.15, 0.2) is 0 Å². The van der Waals surface area contributed by atoms with Crippen LogP contribution in [0.2, 0.25) is 0 Å². The first-order valence-electron chi connectivity index (χ1n) is 7.61. The van der Waals surface area contributed by atoms with E-state index in [1.807, 2.05) is 17.8 Å². The molecule has 3 rings (SSSR count). The van der Waals surface area contributed by atoms with Gasteiger partial charge in [0.2, 0.25) is 5.91 Å². The van der Waals surface area contributed by atoms with Crippen molar-refractivity contribution >= 4 is 11.6 Å². The Labute approximate surface area is 134 Å². The summed E-state index contributed by atoms with van der Waals surface area (Å²) in [6.45, 7) is 2.49. The van der Waals surface area contributed by atoms with E-state index in [9.17, 15) is 9.18 Å². The second-order valence-electron chi connectivity index (χ2n) is 5.61. The van der Waals surface area contributed by atoms with E-state index < -0.39 is 5.82 Å². The fraction of sp³-hybridized carbons (Fsp3) is 0.375. The fourth-order valence-corrected chi connectivity index (χ4v) is 2.83. The molecule has 1 aromatic carbocycles. The number of hydrogen-bond donors (Lipinski definition) is 2. The van der Waals surface area contributed by atoms with Gasteiger partial charge < -0.3 is 15.2 Å². The van der Waals surface area contributed by atoms with Crippen molar-refractivity contribution in [2.45, 2.75) is 6.04 Å². The molecule has 1 aliphatic rings. The van der Waals surface area contributed by atoms with Crippen LogP contribution in [0.5, 0.6) is 0 Å². The zero-order chi connectivity index (χ0) is 16.2. The second-order valence-corrected chi connectivity index (χ2v) is 5.61. The molecule has 7 heteroatoms. The number of benzene rings is 1. The normalized spacial score (nSPS) is 18.8. The molecule has 1 amide bonds. The van der Waals surface area contributed by atoms with Crippen LogP contribution in [0.25, 0.3) is 0 Å². The molecule has 0 spiro atoms. The van der Waals surface area contributed by atoms with Gasteiger partial charge in [-0.2, -0.15) is 0 Å². The number of aromatic nitrogens is 2. The number of halogens is 1. The molecule has 2 aromatic rings. The summed E-state index contributed by atoms with van der Waals surface area (Å²) in [4.78, 5) is 18.7. The maximum Gasteiger partial charge on any atom is 0.238 e. The number of carbonyl (C=O) groups excluding carboxylic acids is 1. The smallest absolute Gasteiger partial charge is 0.238 e. The molecule has 0 aliphatic carbocycles. The maximum atomic E-state index is 13.6. The Kier molecular flexibility index (Phi) is 4.68. The number of rotatable bonds is 4. The highest BCUT2D eigenvalue weighted by atomic mass is 19.1. The maximum absolute atomic E-state index is 13.6. The average molecular weight is 317 g/mol. The monoisotopic (exact) mass is 317 g/mol. The van der Waals surface area contributed by atoms with Gasteiger partial charge in [-0.25, -0.2) is 9.37 Å². The average Bonchev–Trinajstić information content (AvgIpc) is 2.96. The van der Waals surface area contributed by atoms with Gasteiger partial charge in [0.25, 0.3) is 0 Å². The van der Waals surface area contributed by atoms with E-state index >= 15 is 0 Å². The molecular weight excluding hydrogens is 297 g/mol. The number of nitrogens with zero attached hydrogens (tertiary/aromatic N) is 3. The molecule has 122 valence electrons. The highest BCUT2D eigenvalue weighted by Gasteiger charge is 2.28. The molecule has 1 aromatic heterocycles. The Bertz CT molecular complexity index is 687. The van der Waals surface area contributed by atoms with Crippen molar-refractivity contribution in [2.75, 3.05) is 31.5 Å². The van der Waals surface area contributed by atoms with Gasteiger partial charge in [0, 0.05) is 39.1 Å². The lowest BCUT2D eigenvalue weighted by Gasteiger charge is -2.35. The molecule has 1 fully saturated rings. The molecule has 1 atom stereocenters. The number of imidazole rings is 1. The van der Waals surface area contributed by atoms with Crippen molar-refractivity contribution < 1.29 is 9.18 Å². The lowest BCUT2D eigenvalue weighted by Crippen LogP contribution is -2.49. The van der Waals surface area contributed by atoms with Gasteiger partial charge >= 0.3 is 0 Å². The highest BCUT2D eigenvalue weighted by molar-refractivity contribution is 5.92. The van der Waals surface area contributed by atoms with E-state index in [2.05, 4.69) is 20.5 Å². The molecule has 0 radical (unpaired) electrons. The topological polar surface area (TPSA) is 62.2 Å². The summed E-state index contributed by atoms with van der Waals surface area (Å²) < 4.78 is 15.6. The summed E-state index contributed by atoms with van der Waals surface area (Å²) in [7, 11) is 1.94. The first-order valence-corrected chi connectivity index (χ1v) is 7.61. The van der Waals surface area contributed by atoms with E-state index in [1.165, 1.54) is 6.07 Å². The van der Waals surface area contributed by atoms with Crippen LogP contribution >= 0.6 is 0 Å². The van der Waals surface area contributed by atoms with Crippen LogP contribution in [0.1, 0.15) is 11.9 Å². The summed E-state index contributed by atoms with van der Waals surface area (Å²) in [5, 5.41) is 5.96. The van der Waals surface area contributed by atoms with E-state index in [0.29, 0.717) is 0 Å². The van der Waals surface area contributed by atoms with Crippen molar-refractivity contribution in [1.82, 2.24) is 19.8 Å². The van der Waals surface area contributed by atoms with E-state index in [0.717, 1.165) is 25.5 Å². The SMILES string of the molecule is Cn1ccnc1C1CNCCN1CC(=O)Nc1ccccc1F. The molecule has 0 saturated carbocycles. The largest absolute Gasteiger partial charge is 0.337 e. The minimum atomic E-state index is -0.429. The van der Waals surface area contributed by atoms with Gasteiger partial charge in [0.05, 0.1) is 18.3 Å². The highest BCUT2D eigenvalue weighted by Crippen LogP contribution is 2.20. The molecule has 0 bridgehead atoms. The second kappa shape index (κ2) is 6.89. The number of para-hydroxylation sites is 1. The summed E-state index contributed by atoms with van der Waals surface area (Å²) in [5.41, 5.74) is 0.209. The van der Waals surface area contributed by atoms with Crippen LogP contribution in [0, 0.1) is 5.82 Å². The summed E-state index contributed by atoms with van der Waals surface area (Å²) in [6, 6.07) is 6.20. The first-order chi connectivity index (χ1) is 11.1. The van der Waals surface area contributed by atoms with Crippen molar-refractivity contribution in [3.05, 3.63) is 48.3 Å². The number of amides is 1. The zero-order valence-electron chi connectivity index (χ0n) is 13.0. The van der Waals surface area contributed by atoms with Gasteiger partial charge in [-0.1, -0.05) is 12.1 Å². The van der Waals surface area contributed by atoms with Crippen molar-refractivity contribution in [3.63, 3.8) is 0 Å². The van der Waals surface area contributed by atoms with Crippen molar-refractivity contribution in [3.8, 4) is 0 Å². The Morgan fingerprint density at radius 3 is 3.04 bits per heavy atom. The molecular formula is C16H20FN5O. The number of nitrogens with one attached hydrogen (secondary N) is 2. The summed E-state index contributed by atoms with van der Waals surface area (Å²) >= 11 is 0. The predicted molar refractivity (Wildman–Crippen MR) is 85.4 cm³/mol. The molecule has 2 heterocycles. The van der Waals surface area contributed by atoms with Crippen LogP contribution in [0.15, 0.2) is 36.7 Å². The predicted octanol–water partition coefficient (Wildman–Crippen LogP) is 1.14. The number of piperazine rings is 1. The molecule has 1 saturated heterocycles. The van der Waals surface area contributed by atoms with Crippen LogP contribution in [0.4, 0.5) is 10.1 Å². The number of aryl methyl sites for hydroxylation is 1. The van der Waals surface area contributed by atoms with Crippen molar-refractivity contribution in [1.29, 1.82) is 0 Å². The van der Waals surface area contributed by atoms with Gasteiger partial charge in [-0.3, -0.25) is 9.69 Å². The Hall–Kier alpha value is -2.25. The fourth-order valence-electron chi connectivity index (χ4n) is 2.83. The van der Waals surface area contributed by atoms with Crippen LogP contribution in [-0.4, -0.2) is 46.5 Å². The minimum absolute atomic E-state index is 0.0233. The van der Waals surface area contributed by atoms with Crippen LogP contribution in [0.3, 0.4) is 0 Å². The summed E-state index contributed by atoms with van der Waals surface area (Å²) in [6.07, 6.45) is 3.64. The first kappa shape index (κ1) is 15.6. The lowest BCUT2D eigenvalue weighted by atomic mass is 10.1. The summed E-state index contributed by atoms with van der Waals surface area (Å²) in [5.74, 6) is 0.258. The zero-order valence-corrected chi connectivity index (χ0v) is 13.0. The van der Waals surface area contributed by atoms with Crippen LogP contribution < -0.4 is 10.6 Å². The molecule has 23 heavy (non-hydrogen) atoms. The number of hydrogen-bond acceptors (Lipinski definition) is 4.